The summed E-state index contributed by atoms with van der Waals surface area (Å²) < 4.78 is 4.41. The van der Waals surface area contributed by atoms with Crippen LogP contribution in [-0.4, -0.2) is 19.3 Å². The van der Waals surface area contributed by atoms with Crippen LogP contribution in [0.25, 0.3) is 11.4 Å². The van der Waals surface area contributed by atoms with Gasteiger partial charge in [0.2, 0.25) is 0 Å². The molecule has 0 bridgehead atoms. The SMILES string of the molecule is CCC(C)n1c(-c2ccc(C)n(C3CC3)c2=O)n[nH]c1=S. The molecule has 0 aromatic carbocycles. The summed E-state index contributed by atoms with van der Waals surface area (Å²) in [4.78, 5) is 12.8. The Bertz CT molecular complexity index is 782. The molecule has 3 rings (SSSR count). The van der Waals surface area contributed by atoms with E-state index >= 15 is 0 Å². The van der Waals surface area contributed by atoms with Gasteiger partial charge in [0.25, 0.3) is 5.56 Å². The minimum atomic E-state index is 0.0380. The van der Waals surface area contributed by atoms with Crippen molar-refractivity contribution in [3.05, 3.63) is 33.0 Å². The molecule has 2 heterocycles. The molecule has 1 atom stereocenters. The van der Waals surface area contributed by atoms with Gasteiger partial charge in [0, 0.05) is 17.8 Å². The Labute approximate surface area is 128 Å². The molecule has 1 unspecified atom stereocenters. The van der Waals surface area contributed by atoms with Gasteiger partial charge in [-0.15, -0.1) is 0 Å². The van der Waals surface area contributed by atoms with Gasteiger partial charge in [0.05, 0.1) is 5.56 Å². The predicted molar refractivity (Wildman–Crippen MR) is 85.1 cm³/mol. The fourth-order valence-corrected chi connectivity index (χ4v) is 3.00. The average Bonchev–Trinajstić information content (AvgIpc) is 3.21. The molecular formula is C15H20N4OS. The topological polar surface area (TPSA) is 55.6 Å². The molecule has 1 aliphatic rings. The van der Waals surface area contributed by atoms with Crippen LogP contribution in [0.1, 0.15) is 50.9 Å². The van der Waals surface area contributed by atoms with Gasteiger partial charge in [-0.25, -0.2) is 0 Å². The fourth-order valence-electron chi connectivity index (χ4n) is 2.69. The molecule has 6 heteroatoms. The van der Waals surface area contributed by atoms with Crippen molar-refractivity contribution in [2.45, 2.75) is 52.1 Å². The van der Waals surface area contributed by atoms with Gasteiger partial charge in [-0.2, -0.15) is 5.10 Å². The molecule has 1 saturated carbocycles. The molecule has 21 heavy (non-hydrogen) atoms. The van der Waals surface area contributed by atoms with E-state index in [0.29, 0.717) is 22.2 Å². The van der Waals surface area contributed by atoms with E-state index in [4.69, 9.17) is 12.2 Å². The maximum absolute atomic E-state index is 12.8. The molecule has 0 radical (unpaired) electrons. The molecule has 2 aromatic heterocycles. The summed E-state index contributed by atoms with van der Waals surface area (Å²) in [6.45, 7) is 6.17. The highest BCUT2D eigenvalue weighted by atomic mass is 32.1. The van der Waals surface area contributed by atoms with Crippen molar-refractivity contribution < 1.29 is 0 Å². The minimum Gasteiger partial charge on any atom is -0.309 e. The highest BCUT2D eigenvalue weighted by Gasteiger charge is 2.27. The van der Waals surface area contributed by atoms with E-state index in [-0.39, 0.29) is 11.6 Å². The Morgan fingerprint density at radius 2 is 2.19 bits per heavy atom. The van der Waals surface area contributed by atoms with Crippen molar-refractivity contribution in [2.24, 2.45) is 0 Å². The van der Waals surface area contributed by atoms with Gasteiger partial charge in [-0.3, -0.25) is 14.5 Å². The molecule has 0 spiro atoms. The number of aromatic nitrogens is 4. The van der Waals surface area contributed by atoms with E-state index in [1.54, 1.807) is 0 Å². The van der Waals surface area contributed by atoms with E-state index in [1.807, 2.05) is 28.2 Å². The number of hydrogen-bond acceptors (Lipinski definition) is 3. The predicted octanol–water partition coefficient (Wildman–Crippen LogP) is 3.38. The summed E-state index contributed by atoms with van der Waals surface area (Å²) in [6.07, 6.45) is 3.11. The first kappa shape index (κ1) is 14.3. The van der Waals surface area contributed by atoms with E-state index in [0.717, 1.165) is 25.0 Å². The Morgan fingerprint density at radius 3 is 2.81 bits per heavy atom. The molecule has 1 aliphatic carbocycles. The number of aromatic amines is 1. The second-order valence-electron chi connectivity index (χ2n) is 5.77. The number of hydrogen-bond donors (Lipinski definition) is 1. The highest BCUT2D eigenvalue weighted by molar-refractivity contribution is 7.71. The van der Waals surface area contributed by atoms with Crippen LogP contribution in [0.4, 0.5) is 0 Å². The molecule has 5 nitrogen and oxygen atoms in total. The lowest BCUT2D eigenvalue weighted by atomic mass is 10.2. The Hall–Kier alpha value is -1.69. The normalized spacial score (nSPS) is 16.1. The van der Waals surface area contributed by atoms with Gasteiger partial charge < -0.3 is 4.57 Å². The minimum absolute atomic E-state index is 0.0380. The largest absolute Gasteiger partial charge is 0.309 e. The molecule has 112 valence electrons. The van der Waals surface area contributed by atoms with Gasteiger partial charge >= 0.3 is 0 Å². The Morgan fingerprint density at radius 1 is 1.48 bits per heavy atom. The van der Waals surface area contributed by atoms with Crippen molar-refractivity contribution in [1.29, 1.82) is 0 Å². The number of pyridine rings is 1. The summed E-state index contributed by atoms with van der Waals surface area (Å²) in [5.74, 6) is 0.647. The lowest BCUT2D eigenvalue weighted by molar-refractivity contribution is 0.528. The molecule has 0 saturated heterocycles. The van der Waals surface area contributed by atoms with Crippen LogP contribution in [0.3, 0.4) is 0 Å². The molecule has 0 aliphatic heterocycles. The smallest absolute Gasteiger partial charge is 0.262 e. The van der Waals surface area contributed by atoms with Gasteiger partial charge in [-0.05, 0) is 57.5 Å². The number of rotatable bonds is 4. The lowest BCUT2D eigenvalue weighted by Gasteiger charge is -2.15. The molecule has 2 aromatic rings. The standard InChI is InChI=1S/C15H20N4OS/c1-4-9(2)19-13(16-17-15(19)21)12-8-5-10(3)18(14(12)20)11-6-7-11/h5,8-9,11H,4,6-7H2,1-3H3,(H,17,21). The maximum atomic E-state index is 12.8. The summed E-state index contributed by atoms with van der Waals surface area (Å²) >= 11 is 5.32. The zero-order valence-corrected chi connectivity index (χ0v) is 13.4. The molecule has 0 amide bonds. The summed E-state index contributed by atoms with van der Waals surface area (Å²) in [5, 5.41) is 7.12. The monoisotopic (exact) mass is 304 g/mol. The molecule has 1 N–H and O–H groups in total. The average molecular weight is 304 g/mol. The fraction of sp³-hybridized carbons (Fsp3) is 0.533. The first-order valence-corrected chi connectivity index (χ1v) is 7.84. The van der Waals surface area contributed by atoms with E-state index in [2.05, 4.69) is 24.0 Å². The maximum Gasteiger partial charge on any atom is 0.262 e. The lowest BCUT2D eigenvalue weighted by Crippen LogP contribution is -2.24. The van der Waals surface area contributed by atoms with Crippen LogP contribution in [0, 0.1) is 11.7 Å². The number of aryl methyl sites for hydroxylation is 1. The van der Waals surface area contributed by atoms with Crippen molar-refractivity contribution in [1.82, 2.24) is 19.3 Å². The zero-order chi connectivity index (χ0) is 15.1. The number of nitrogens with zero attached hydrogens (tertiary/aromatic N) is 3. The summed E-state index contributed by atoms with van der Waals surface area (Å²) in [6, 6.07) is 4.42. The van der Waals surface area contributed by atoms with Crippen LogP contribution >= 0.6 is 12.2 Å². The van der Waals surface area contributed by atoms with Gasteiger partial charge in [0.1, 0.15) is 0 Å². The quantitative estimate of drug-likeness (QED) is 0.881. The van der Waals surface area contributed by atoms with Gasteiger partial charge in [0.15, 0.2) is 10.6 Å². The second kappa shape index (κ2) is 5.26. The van der Waals surface area contributed by atoms with Crippen LogP contribution in [0.2, 0.25) is 0 Å². The van der Waals surface area contributed by atoms with Crippen LogP contribution in [-0.2, 0) is 0 Å². The summed E-state index contributed by atoms with van der Waals surface area (Å²) in [5.41, 5.74) is 1.67. The Balaban J connectivity index is 2.21. The third kappa shape index (κ3) is 2.37. The number of H-pyrrole nitrogens is 1. The summed E-state index contributed by atoms with van der Waals surface area (Å²) in [7, 11) is 0. The first-order valence-electron chi connectivity index (χ1n) is 7.44. The van der Waals surface area contributed by atoms with Crippen LogP contribution < -0.4 is 5.56 Å². The first-order chi connectivity index (χ1) is 10.0. The number of nitrogens with one attached hydrogen (secondary N) is 1. The van der Waals surface area contributed by atoms with E-state index in [9.17, 15) is 4.79 Å². The zero-order valence-electron chi connectivity index (χ0n) is 12.6. The third-order valence-electron chi connectivity index (χ3n) is 4.21. The van der Waals surface area contributed by atoms with Crippen molar-refractivity contribution in [3.63, 3.8) is 0 Å². The highest BCUT2D eigenvalue weighted by Crippen LogP contribution is 2.35. The van der Waals surface area contributed by atoms with Gasteiger partial charge in [-0.1, -0.05) is 6.92 Å². The van der Waals surface area contributed by atoms with Crippen molar-refractivity contribution in [2.75, 3.05) is 0 Å². The third-order valence-corrected chi connectivity index (χ3v) is 4.50. The molecular weight excluding hydrogens is 284 g/mol. The van der Waals surface area contributed by atoms with Crippen molar-refractivity contribution in [3.8, 4) is 11.4 Å². The molecule has 1 fully saturated rings. The van der Waals surface area contributed by atoms with E-state index in [1.165, 1.54) is 0 Å². The van der Waals surface area contributed by atoms with E-state index < -0.39 is 0 Å². The van der Waals surface area contributed by atoms with Crippen LogP contribution in [0.15, 0.2) is 16.9 Å². The second-order valence-corrected chi connectivity index (χ2v) is 6.16. The Kier molecular flexibility index (Phi) is 3.57. The van der Waals surface area contributed by atoms with Crippen LogP contribution in [0.5, 0.6) is 0 Å². The van der Waals surface area contributed by atoms with Crippen molar-refractivity contribution >= 4 is 12.2 Å².